The summed E-state index contributed by atoms with van der Waals surface area (Å²) in [6.07, 6.45) is -3.19. The van der Waals surface area contributed by atoms with Gasteiger partial charge in [-0.15, -0.1) is 0 Å². The normalized spacial score (nSPS) is 11.7. The molecule has 0 atom stereocenters. The lowest BCUT2D eigenvalue weighted by atomic mass is 10.1. The van der Waals surface area contributed by atoms with Crippen molar-refractivity contribution in [3.8, 4) is 0 Å². The van der Waals surface area contributed by atoms with Crippen molar-refractivity contribution in [3.63, 3.8) is 0 Å². The predicted molar refractivity (Wildman–Crippen MR) is 78.5 cm³/mol. The molecule has 0 aliphatic rings. The van der Waals surface area contributed by atoms with Crippen LogP contribution in [0.4, 0.5) is 13.2 Å². The summed E-state index contributed by atoms with van der Waals surface area (Å²) in [6, 6.07) is 5.09. The van der Waals surface area contributed by atoms with Crippen LogP contribution in [0.3, 0.4) is 0 Å². The van der Waals surface area contributed by atoms with Gasteiger partial charge in [0.2, 0.25) is 0 Å². The van der Waals surface area contributed by atoms with Gasteiger partial charge in [-0.2, -0.15) is 13.2 Å². The van der Waals surface area contributed by atoms with Gasteiger partial charge in [0, 0.05) is 17.8 Å². The lowest BCUT2D eigenvalue weighted by Gasteiger charge is -2.11. The van der Waals surface area contributed by atoms with E-state index in [1.807, 2.05) is 13.8 Å². The summed E-state index contributed by atoms with van der Waals surface area (Å²) in [5.74, 6) is 0.607. The van der Waals surface area contributed by atoms with Gasteiger partial charge >= 0.3 is 6.18 Å². The number of halogens is 3. The summed E-state index contributed by atoms with van der Waals surface area (Å²) in [6.45, 7) is 4.33. The zero-order chi connectivity index (χ0) is 16.3. The van der Waals surface area contributed by atoms with Crippen LogP contribution < -0.4 is 5.73 Å². The molecule has 0 spiro atoms. The molecule has 0 radical (unpaired) electrons. The summed E-state index contributed by atoms with van der Waals surface area (Å²) >= 11 is 0. The van der Waals surface area contributed by atoms with E-state index in [1.165, 1.54) is 12.1 Å². The monoisotopic (exact) mass is 309 g/mol. The third kappa shape index (κ3) is 3.82. The first-order valence-corrected chi connectivity index (χ1v) is 7.00. The number of aryl methyl sites for hydroxylation is 2. The van der Waals surface area contributed by atoms with Crippen molar-refractivity contribution in [2.45, 2.75) is 32.9 Å². The Morgan fingerprint density at radius 2 is 1.55 bits per heavy atom. The van der Waals surface area contributed by atoms with Gasteiger partial charge in [0.1, 0.15) is 5.82 Å². The van der Waals surface area contributed by atoms with E-state index in [9.17, 15) is 13.2 Å². The fourth-order valence-corrected chi connectivity index (χ4v) is 2.39. The fourth-order valence-electron chi connectivity index (χ4n) is 2.39. The summed E-state index contributed by atoms with van der Waals surface area (Å²) in [7, 11) is 0. The van der Waals surface area contributed by atoms with Crippen molar-refractivity contribution in [1.82, 2.24) is 9.97 Å². The van der Waals surface area contributed by atoms with Crippen LogP contribution in [0.2, 0.25) is 0 Å². The van der Waals surface area contributed by atoms with E-state index in [2.05, 4.69) is 9.97 Å². The summed E-state index contributed by atoms with van der Waals surface area (Å²) < 4.78 is 37.6. The Labute approximate surface area is 127 Å². The molecule has 0 bridgehead atoms. The molecule has 0 saturated carbocycles. The second-order valence-corrected chi connectivity index (χ2v) is 5.20. The summed E-state index contributed by atoms with van der Waals surface area (Å²) in [5.41, 5.74) is 8.45. The van der Waals surface area contributed by atoms with Crippen molar-refractivity contribution in [2.24, 2.45) is 5.73 Å². The number of nitrogens with zero attached hydrogens (tertiary/aromatic N) is 2. The van der Waals surface area contributed by atoms with E-state index in [1.54, 1.807) is 0 Å². The number of hydrogen-bond donors (Lipinski definition) is 1. The van der Waals surface area contributed by atoms with Crippen LogP contribution in [0.1, 0.15) is 33.9 Å². The molecule has 0 amide bonds. The number of aromatic nitrogens is 2. The van der Waals surface area contributed by atoms with Gasteiger partial charge in [-0.3, -0.25) is 0 Å². The lowest BCUT2D eigenvalue weighted by Crippen LogP contribution is -2.11. The minimum atomic E-state index is -4.31. The van der Waals surface area contributed by atoms with Crippen LogP contribution in [-0.2, 0) is 19.0 Å². The van der Waals surface area contributed by atoms with Gasteiger partial charge in [0.25, 0.3) is 0 Å². The van der Waals surface area contributed by atoms with Gasteiger partial charge in [0.15, 0.2) is 0 Å². The predicted octanol–water partition coefficient (Wildman–Crippen LogP) is 3.20. The van der Waals surface area contributed by atoms with E-state index in [0.29, 0.717) is 18.8 Å². The molecule has 1 aromatic heterocycles. The second kappa shape index (κ2) is 6.44. The number of hydrogen-bond acceptors (Lipinski definition) is 3. The highest BCUT2D eigenvalue weighted by atomic mass is 19.4. The number of nitrogens with two attached hydrogens (primary N) is 1. The first-order valence-electron chi connectivity index (χ1n) is 7.00. The number of alkyl halides is 3. The second-order valence-electron chi connectivity index (χ2n) is 5.20. The highest BCUT2D eigenvalue weighted by molar-refractivity contribution is 5.29. The highest BCUT2D eigenvalue weighted by Gasteiger charge is 2.29. The maximum Gasteiger partial charge on any atom is 0.416 e. The van der Waals surface area contributed by atoms with Gasteiger partial charge in [0.05, 0.1) is 5.56 Å². The summed E-state index contributed by atoms with van der Waals surface area (Å²) in [4.78, 5) is 8.86. The van der Waals surface area contributed by atoms with Crippen LogP contribution in [0.15, 0.2) is 24.3 Å². The molecule has 118 valence electrons. The van der Waals surface area contributed by atoms with Gasteiger partial charge < -0.3 is 5.73 Å². The average Bonchev–Trinajstić information content (AvgIpc) is 2.42. The Hall–Kier alpha value is -1.95. The minimum absolute atomic E-state index is 0.405. The maximum atomic E-state index is 12.5. The summed E-state index contributed by atoms with van der Waals surface area (Å²) in [5, 5.41) is 0. The molecule has 2 aromatic rings. The van der Waals surface area contributed by atoms with Crippen LogP contribution in [0.5, 0.6) is 0 Å². The van der Waals surface area contributed by atoms with Gasteiger partial charge in [-0.25, -0.2) is 9.97 Å². The van der Waals surface area contributed by atoms with Crippen molar-refractivity contribution in [1.29, 1.82) is 0 Å². The number of rotatable bonds is 4. The highest BCUT2D eigenvalue weighted by Crippen LogP contribution is 2.29. The topological polar surface area (TPSA) is 51.8 Å². The molecule has 2 N–H and O–H groups in total. The van der Waals surface area contributed by atoms with E-state index < -0.39 is 11.7 Å². The largest absolute Gasteiger partial charge is 0.416 e. The van der Waals surface area contributed by atoms with E-state index in [0.717, 1.165) is 41.1 Å². The standard InChI is InChI=1S/C16H18F3N3/c1-10-14(7-8-20)11(2)22-15(21-10)9-12-3-5-13(6-4-12)16(17,18)19/h3-6H,7-9,20H2,1-2H3. The molecule has 22 heavy (non-hydrogen) atoms. The Morgan fingerprint density at radius 1 is 1.00 bits per heavy atom. The third-order valence-corrected chi connectivity index (χ3v) is 3.50. The fraction of sp³-hybridized carbons (Fsp3) is 0.375. The smallest absolute Gasteiger partial charge is 0.330 e. The molecule has 3 nitrogen and oxygen atoms in total. The molecule has 0 aliphatic carbocycles. The zero-order valence-corrected chi connectivity index (χ0v) is 12.5. The van der Waals surface area contributed by atoms with Crippen molar-refractivity contribution in [2.75, 3.05) is 6.54 Å². The molecule has 0 unspecified atom stereocenters. The molecule has 2 rings (SSSR count). The van der Waals surface area contributed by atoms with Crippen molar-refractivity contribution < 1.29 is 13.2 Å². The molecule has 6 heteroatoms. The van der Waals surface area contributed by atoms with Crippen LogP contribution in [0, 0.1) is 13.8 Å². The lowest BCUT2D eigenvalue weighted by molar-refractivity contribution is -0.137. The first-order chi connectivity index (χ1) is 10.3. The van der Waals surface area contributed by atoms with Crippen LogP contribution in [-0.4, -0.2) is 16.5 Å². The van der Waals surface area contributed by atoms with E-state index in [-0.39, 0.29) is 0 Å². The van der Waals surface area contributed by atoms with Crippen molar-refractivity contribution in [3.05, 3.63) is 58.2 Å². The quantitative estimate of drug-likeness (QED) is 0.943. The van der Waals surface area contributed by atoms with Gasteiger partial charge in [-0.1, -0.05) is 12.1 Å². The molecule has 1 aromatic carbocycles. The Bertz CT molecular complexity index is 626. The Morgan fingerprint density at radius 3 is 2.00 bits per heavy atom. The van der Waals surface area contributed by atoms with E-state index in [4.69, 9.17) is 5.73 Å². The SMILES string of the molecule is Cc1nc(Cc2ccc(C(F)(F)F)cc2)nc(C)c1CCN. The van der Waals surface area contributed by atoms with Gasteiger partial charge in [-0.05, 0) is 50.1 Å². The third-order valence-electron chi connectivity index (χ3n) is 3.50. The molecule has 0 fully saturated rings. The Kier molecular flexibility index (Phi) is 4.81. The maximum absolute atomic E-state index is 12.5. The first kappa shape index (κ1) is 16.4. The number of benzene rings is 1. The van der Waals surface area contributed by atoms with Crippen molar-refractivity contribution >= 4 is 0 Å². The minimum Gasteiger partial charge on any atom is -0.330 e. The molecular weight excluding hydrogens is 291 g/mol. The molecule has 0 aliphatic heterocycles. The van der Waals surface area contributed by atoms with E-state index >= 15 is 0 Å². The average molecular weight is 309 g/mol. The molecule has 1 heterocycles. The van der Waals surface area contributed by atoms with Crippen LogP contribution in [0.25, 0.3) is 0 Å². The molecular formula is C16H18F3N3. The molecule has 0 saturated heterocycles. The zero-order valence-electron chi connectivity index (χ0n) is 12.5. The van der Waals surface area contributed by atoms with Crippen LogP contribution >= 0.6 is 0 Å². The Balaban J connectivity index is 2.21.